The van der Waals surface area contributed by atoms with Crippen molar-refractivity contribution in [1.82, 2.24) is 10.6 Å². The first-order valence-electron chi connectivity index (χ1n) is 10.2. The summed E-state index contributed by atoms with van der Waals surface area (Å²) in [7, 11) is 1.60. The van der Waals surface area contributed by atoms with E-state index in [1.54, 1.807) is 7.11 Å². The third kappa shape index (κ3) is 3.56. The normalized spacial score (nSPS) is 32.0. The zero-order valence-electron chi connectivity index (χ0n) is 16.3. The van der Waals surface area contributed by atoms with Crippen molar-refractivity contribution in [3.8, 4) is 5.75 Å². The molecule has 0 saturated heterocycles. The number of ether oxygens (including phenoxy) is 1. The molecule has 0 aliphatic heterocycles. The molecular weight excluding hydrogens is 340 g/mol. The first-order valence-corrected chi connectivity index (χ1v) is 10.2. The molecule has 2 amide bonds. The summed E-state index contributed by atoms with van der Waals surface area (Å²) >= 11 is 0. The van der Waals surface area contributed by atoms with Crippen LogP contribution < -0.4 is 15.4 Å². The Bertz CT molecular complexity index is 695. The van der Waals surface area contributed by atoms with Gasteiger partial charge in [0.1, 0.15) is 5.75 Å². The second-order valence-corrected chi connectivity index (χ2v) is 8.97. The Morgan fingerprint density at radius 1 is 1.07 bits per heavy atom. The van der Waals surface area contributed by atoms with Crippen LogP contribution in [0, 0.1) is 23.2 Å². The SMILES string of the molecule is COc1ccccc1CNC(=O)C(=O)NC(C)C12CC3CC(CC(C3)C1)C2. The quantitative estimate of drug-likeness (QED) is 0.783. The maximum Gasteiger partial charge on any atom is 0.309 e. The molecule has 5 heteroatoms. The van der Waals surface area contributed by atoms with Crippen LogP contribution >= 0.6 is 0 Å². The molecule has 27 heavy (non-hydrogen) atoms. The highest BCUT2D eigenvalue weighted by Crippen LogP contribution is 2.61. The third-order valence-corrected chi connectivity index (χ3v) is 7.19. The molecule has 146 valence electrons. The van der Waals surface area contributed by atoms with Gasteiger partial charge in [-0.25, -0.2) is 0 Å². The molecule has 5 rings (SSSR count). The summed E-state index contributed by atoms with van der Waals surface area (Å²) < 4.78 is 5.29. The minimum atomic E-state index is -0.572. The lowest BCUT2D eigenvalue weighted by Crippen LogP contribution is -2.57. The Morgan fingerprint density at radius 2 is 1.67 bits per heavy atom. The Balaban J connectivity index is 1.34. The highest BCUT2D eigenvalue weighted by atomic mass is 16.5. The molecule has 0 spiro atoms. The molecule has 4 aliphatic carbocycles. The van der Waals surface area contributed by atoms with Crippen LogP contribution in [-0.4, -0.2) is 25.0 Å². The second kappa shape index (κ2) is 7.17. The lowest BCUT2D eigenvalue weighted by Gasteiger charge is -2.59. The van der Waals surface area contributed by atoms with E-state index in [1.165, 1.54) is 38.5 Å². The molecule has 4 aliphatic rings. The third-order valence-electron chi connectivity index (χ3n) is 7.19. The van der Waals surface area contributed by atoms with E-state index in [0.717, 1.165) is 23.3 Å². The lowest BCUT2D eigenvalue weighted by atomic mass is 9.48. The van der Waals surface area contributed by atoms with E-state index < -0.39 is 11.8 Å². The van der Waals surface area contributed by atoms with E-state index in [2.05, 4.69) is 17.6 Å². The van der Waals surface area contributed by atoms with Crippen LogP contribution in [0.2, 0.25) is 0 Å². The first-order chi connectivity index (χ1) is 13.0. The molecule has 2 N–H and O–H groups in total. The summed E-state index contributed by atoms with van der Waals surface area (Å²) in [6, 6.07) is 7.55. The van der Waals surface area contributed by atoms with Gasteiger partial charge in [0, 0.05) is 18.2 Å². The molecule has 5 nitrogen and oxygen atoms in total. The molecule has 0 radical (unpaired) electrons. The van der Waals surface area contributed by atoms with Gasteiger partial charge in [-0.1, -0.05) is 18.2 Å². The first kappa shape index (κ1) is 18.3. The fraction of sp³-hybridized carbons (Fsp3) is 0.636. The summed E-state index contributed by atoms with van der Waals surface area (Å²) in [5.41, 5.74) is 1.06. The topological polar surface area (TPSA) is 67.4 Å². The molecule has 1 atom stereocenters. The maximum atomic E-state index is 12.5. The Hall–Kier alpha value is -2.04. The predicted molar refractivity (Wildman–Crippen MR) is 103 cm³/mol. The zero-order valence-corrected chi connectivity index (χ0v) is 16.3. The van der Waals surface area contributed by atoms with Crippen LogP contribution in [0.25, 0.3) is 0 Å². The van der Waals surface area contributed by atoms with Crippen LogP contribution in [0.15, 0.2) is 24.3 Å². The molecule has 1 aromatic carbocycles. The minimum Gasteiger partial charge on any atom is -0.496 e. The fourth-order valence-electron chi connectivity index (χ4n) is 6.23. The number of rotatable bonds is 5. The van der Waals surface area contributed by atoms with Crippen LogP contribution in [-0.2, 0) is 16.1 Å². The summed E-state index contributed by atoms with van der Waals surface area (Å²) in [5, 5.41) is 5.74. The van der Waals surface area contributed by atoms with Crippen molar-refractivity contribution in [2.45, 2.75) is 58.0 Å². The van der Waals surface area contributed by atoms with Crippen molar-refractivity contribution in [1.29, 1.82) is 0 Å². The van der Waals surface area contributed by atoms with Crippen LogP contribution in [0.5, 0.6) is 5.75 Å². The Morgan fingerprint density at radius 3 is 2.26 bits per heavy atom. The van der Waals surface area contributed by atoms with Crippen LogP contribution in [0.4, 0.5) is 0 Å². The number of hydrogen-bond acceptors (Lipinski definition) is 3. The van der Waals surface area contributed by atoms with Crippen LogP contribution in [0.3, 0.4) is 0 Å². The van der Waals surface area contributed by atoms with Gasteiger partial charge in [0.05, 0.1) is 7.11 Å². The van der Waals surface area contributed by atoms with Gasteiger partial charge in [0.2, 0.25) is 0 Å². The highest BCUT2D eigenvalue weighted by Gasteiger charge is 2.53. The van der Waals surface area contributed by atoms with Gasteiger partial charge in [0.15, 0.2) is 0 Å². The van der Waals surface area contributed by atoms with E-state index in [1.807, 2.05) is 24.3 Å². The number of carbonyl (C=O) groups is 2. The fourth-order valence-corrected chi connectivity index (χ4v) is 6.23. The van der Waals surface area contributed by atoms with Crippen molar-refractivity contribution in [3.63, 3.8) is 0 Å². The largest absolute Gasteiger partial charge is 0.496 e. The molecule has 4 fully saturated rings. The van der Waals surface area contributed by atoms with Crippen molar-refractivity contribution >= 4 is 11.8 Å². The predicted octanol–water partition coefficient (Wildman–Crippen LogP) is 3.03. The number of para-hydroxylation sites is 1. The van der Waals surface area contributed by atoms with Crippen molar-refractivity contribution in [2.24, 2.45) is 23.2 Å². The highest BCUT2D eigenvalue weighted by molar-refractivity contribution is 6.35. The second-order valence-electron chi connectivity index (χ2n) is 8.97. The van der Waals surface area contributed by atoms with E-state index in [9.17, 15) is 9.59 Å². The van der Waals surface area contributed by atoms with Crippen LogP contribution in [0.1, 0.15) is 51.0 Å². The van der Waals surface area contributed by atoms with Gasteiger partial charge < -0.3 is 15.4 Å². The van der Waals surface area contributed by atoms with E-state index >= 15 is 0 Å². The molecule has 0 aromatic heterocycles. The Labute approximate surface area is 161 Å². The average Bonchev–Trinajstić information content (AvgIpc) is 2.65. The standard InChI is InChI=1S/C22H30N2O3/c1-14(22-10-15-7-16(11-22)9-17(8-15)12-22)24-21(26)20(25)23-13-18-5-3-4-6-19(18)27-2/h3-6,14-17H,7-13H2,1-2H3,(H,23,25)(H,24,26). The number of amides is 2. The Kier molecular flexibility index (Phi) is 4.87. The van der Waals surface area contributed by atoms with Gasteiger partial charge in [-0.2, -0.15) is 0 Å². The zero-order chi connectivity index (χ0) is 19.0. The molecule has 4 saturated carbocycles. The van der Waals surface area contributed by atoms with Gasteiger partial charge >= 0.3 is 11.8 Å². The number of nitrogens with one attached hydrogen (secondary N) is 2. The maximum absolute atomic E-state index is 12.5. The number of hydrogen-bond donors (Lipinski definition) is 2. The monoisotopic (exact) mass is 370 g/mol. The number of benzene rings is 1. The minimum absolute atomic E-state index is 0.0513. The smallest absolute Gasteiger partial charge is 0.309 e. The van der Waals surface area contributed by atoms with Crippen molar-refractivity contribution in [2.75, 3.05) is 7.11 Å². The van der Waals surface area contributed by atoms with Crippen molar-refractivity contribution in [3.05, 3.63) is 29.8 Å². The molecule has 4 bridgehead atoms. The van der Waals surface area contributed by atoms with E-state index in [0.29, 0.717) is 5.75 Å². The summed E-state index contributed by atoms with van der Waals surface area (Å²) in [5.74, 6) is 2.10. The van der Waals surface area contributed by atoms with Gasteiger partial charge in [-0.05, 0) is 74.7 Å². The van der Waals surface area contributed by atoms with Gasteiger partial charge in [-0.15, -0.1) is 0 Å². The number of methoxy groups -OCH3 is 1. The molecule has 1 unspecified atom stereocenters. The van der Waals surface area contributed by atoms with E-state index in [-0.39, 0.29) is 18.0 Å². The summed E-state index contributed by atoms with van der Waals surface area (Å²) in [4.78, 5) is 24.8. The molecule has 1 aromatic rings. The molecular formula is C22H30N2O3. The summed E-state index contributed by atoms with van der Waals surface area (Å²) in [6.07, 6.45) is 7.76. The van der Waals surface area contributed by atoms with E-state index in [4.69, 9.17) is 4.74 Å². The van der Waals surface area contributed by atoms with Gasteiger partial charge in [-0.3, -0.25) is 9.59 Å². The summed E-state index contributed by atoms with van der Waals surface area (Å²) in [6.45, 7) is 2.38. The average molecular weight is 370 g/mol. The van der Waals surface area contributed by atoms with Crippen molar-refractivity contribution < 1.29 is 14.3 Å². The van der Waals surface area contributed by atoms with Gasteiger partial charge in [0.25, 0.3) is 0 Å². The lowest BCUT2D eigenvalue weighted by molar-refractivity contribution is -0.141. The molecule has 0 heterocycles. The number of carbonyl (C=O) groups excluding carboxylic acids is 2.